The second-order valence-corrected chi connectivity index (χ2v) is 6.97. The first kappa shape index (κ1) is 18.2. The van der Waals surface area contributed by atoms with Crippen molar-refractivity contribution in [2.24, 2.45) is 0 Å². The van der Waals surface area contributed by atoms with Crippen molar-refractivity contribution in [3.8, 4) is 11.1 Å². The highest BCUT2D eigenvalue weighted by Gasteiger charge is 2.23. The normalized spacial score (nSPS) is 15.2. The van der Waals surface area contributed by atoms with Gasteiger partial charge in [-0.25, -0.2) is 4.79 Å². The molecular weight excluding hydrogens is 350 g/mol. The maximum absolute atomic E-state index is 11.4. The number of anilines is 1. The number of hydrogen-bond acceptors (Lipinski definition) is 4. The first-order valence-corrected chi connectivity index (χ1v) is 9.53. The topological polar surface area (TPSA) is 74.2 Å². The van der Waals surface area contributed by atoms with Gasteiger partial charge in [0.05, 0.1) is 23.5 Å². The van der Waals surface area contributed by atoms with Crippen LogP contribution in [0.5, 0.6) is 0 Å². The van der Waals surface area contributed by atoms with Crippen molar-refractivity contribution >= 4 is 11.7 Å². The van der Waals surface area contributed by atoms with Crippen molar-refractivity contribution in [3.05, 3.63) is 83.2 Å². The number of aryl methyl sites for hydroxylation is 1. The number of nitrogens with zero attached hydrogens (tertiary/aromatic N) is 1. The number of aromatic nitrogens is 1. The van der Waals surface area contributed by atoms with Crippen LogP contribution in [0.2, 0.25) is 0 Å². The van der Waals surface area contributed by atoms with Crippen molar-refractivity contribution in [2.45, 2.75) is 25.9 Å². The van der Waals surface area contributed by atoms with Gasteiger partial charge >= 0.3 is 5.97 Å². The zero-order valence-electron chi connectivity index (χ0n) is 15.8. The van der Waals surface area contributed by atoms with Gasteiger partial charge in [-0.05, 0) is 46.4 Å². The Morgan fingerprint density at radius 3 is 2.93 bits per heavy atom. The summed E-state index contributed by atoms with van der Waals surface area (Å²) in [6.45, 7) is 3.59. The van der Waals surface area contributed by atoms with Gasteiger partial charge in [0, 0.05) is 19.3 Å². The Hall–Kier alpha value is -3.18. The molecule has 0 bridgehead atoms. The molecule has 5 heteroatoms. The molecule has 0 amide bonds. The van der Waals surface area contributed by atoms with Gasteiger partial charge in [0.2, 0.25) is 0 Å². The van der Waals surface area contributed by atoms with Crippen molar-refractivity contribution < 1.29 is 9.90 Å². The van der Waals surface area contributed by atoms with Crippen molar-refractivity contribution in [1.82, 2.24) is 10.3 Å². The van der Waals surface area contributed by atoms with Crippen molar-refractivity contribution in [3.63, 3.8) is 0 Å². The van der Waals surface area contributed by atoms with Crippen LogP contribution in [0, 0.1) is 0 Å². The van der Waals surface area contributed by atoms with E-state index in [2.05, 4.69) is 65.0 Å². The highest BCUT2D eigenvalue weighted by atomic mass is 16.4. The number of nitrogens with one attached hydrogen (secondary N) is 2. The smallest absolute Gasteiger partial charge is 0.337 e. The standard InChI is InChI=1S/C23H23N3O2/c1-2-15-5-3-4-6-18(15)16-7-8-19-17(11-16)12-25-22(19)14-26-21-13-24-10-9-20(21)23(27)28/h3-11,13,22,25-26H,2,12,14H2,1H3,(H,27,28)/t22-/m0/s1. The predicted molar refractivity (Wildman–Crippen MR) is 111 cm³/mol. The molecule has 0 saturated heterocycles. The lowest BCUT2D eigenvalue weighted by molar-refractivity contribution is 0.0698. The lowest BCUT2D eigenvalue weighted by Gasteiger charge is -2.16. The number of aromatic carboxylic acids is 1. The maximum Gasteiger partial charge on any atom is 0.337 e. The Morgan fingerprint density at radius 1 is 1.25 bits per heavy atom. The minimum atomic E-state index is -0.955. The third-order valence-corrected chi connectivity index (χ3v) is 5.31. The molecule has 1 aliphatic rings. The average molecular weight is 373 g/mol. The van der Waals surface area contributed by atoms with E-state index in [9.17, 15) is 9.90 Å². The molecule has 5 nitrogen and oxygen atoms in total. The van der Waals surface area contributed by atoms with E-state index in [-0.39, 0.29) is 11.6 Å². The number of carboxylic acids is 1. The molecule has 4 rings (SSSR count). The van der Waals surface area contributed by atoms with Crippen LogP contribution >= 0.6 is 0 Å². The monoisotopic (exact) mass is 373 g/mol. The number of rotatable bonds is 6. The van der Waals surface area contributed by atoms with Crippen molar-refractivity contribution in [2.75, 3.05) is 11.9 Å². The number of carboxylic acid groups (broad SMARTS) is 1. The Morgan fingerprint density at radius 2 is 2.11 bits per heavy atom. The van der Waals surface area contributed by atoms with Crippen LogP contribution in [0.25, 0.3) is 11.1 Å². The van der Waals surface area contributed by atoms with E-state index < -0.39 is 5.97 Å². The van der Waals surface area contributed by atoms with Crippen LogP contribution < -0.4 is 10.6 Å². The molecule has 142 valence electrons. The largest absolute Gasteiger partial charge is 0.478 e. The molecule has 2 heterocycles. The molecule has 0 saturated carbocycles. The van der Waals surface area contributed by atoms with Crippen LogP contribution in [-0.4, -0.2) is 22.6 Å². The highest BCUT2D eigenvalue weighted by molar-refractivity contribution is 5.93. The molecule has 0 fully saturated rings. The summed E-state index contributed by atoms with van der Waals surface area (Å²) in [5.74, 6) is -0.955. The summed E-state index contributed by atoms with van der Waals surface area (Å²) in [5, 5.41) is 16.1. The number of fused-ring (bicyclic) bond motifs is 1. The maximum atomic E-state index is 11.4. The summed E-state index contributed by atoms with van der Waals surface area (Å²) >= 11 is 0. The van der Waals surface area contributed by atoms with Crippen LogP contribution in [0.15, 0.2) is 60.9 Å². The lowest BCUT2D eigenvalue weighted by atomic mass is 9.94. The zero-order chi connectivity index (χ0) is 19.5. The summed E-state index contributed by atoms with van der Waals surface area (Å²) in [4.78, 5) is 15.4. The molecule has 28 heavy (non-hydrogen) atoms. The first-order valence-electron chi connectivity index (χ1n) is 9.53. The van der Waals surface area contributed by atoms with Gasteiger partial charge in [-0.2, -0.15) is 0 Å². The minimum absolute atomic E-state index is 0.132. The van der Waals surface area contributed by atoms with E-state index >= 15 is 0 Å². The van der Waals surface area contributed by atoms with E-state index in [1.54, 1.807) is 6.20 Å². The Labute approximate surface area is 164 Å². The molecule has 1 atom stereocenters. The van der Waals surface area contributed by atoms with Gasteiger partial charge < -0.3 is 15.7 Å². The number of pyridine rings is 1. The van der Waals surface area contributed by atoms with Gasteiger partial charge in [-0.1, -0.05) is 43.3 Å². The summed E-state index contributed by atoms with van der Waals surface area (Å²) < 4.78 is 0. The van der Waals surface area contributed by atoms with Crippen LogP contribution in [0.1, 0.15) is 40.0 Å². The van der Waals surface area contributed by atoms with Gasteiger partial charge in [0.1, 0.15) is 0 Å². The molecule has 1 aliphatic heterocycles. The van der Waals surface area contributed by atoms with Crippen LogP contribution in [0.3, 0.4) is 0 Å². The molecule has 2 aromatic carbocycles. The quantitative estimate of drug-likeness (QED) is 0.602. The van der Waals surface area contributed by atoms with E-state index in [0.29, 0.717) is 12.2 Å². The Kier molecular flexibility index (Phi) is 5.08. The lowest BCUT2D eigenvalue weighted by Crippen LogP contribution is -2.22. The van der Waals surface area contributed by atoms with Crippen LogP contribution in [0.4, 0.5) is 5.69 Å². The van der Waals surface area contributed by atoms with Gasteiger partial charge in [0.15, 0.2) is 0 Å². The molecule has 1 aromatic heterocycles. The highest BCUT2D eigenvalue weighted by Crippen LogP contribution is 2.32. The number of benzene rings is 2. The Balaban J connectivity index is 1.54. The van der Waals surface area contributed by atoms with E-state index in [1.807, 2.05) is 0 Å². The third-order valence-electron chi connectivity index (χ3n) is 5.31. The summed E-state index contributed by atoms with van der Waals surface area (Å²) in [7, 11) is 0. The summed E-state index contributed by atoms with van der Waals surface area (Å²) in [6.07, 6.45) is 4.06. The fraction of sp³-hybridized carbons (Fsp3) is 0.217. The molecule has 0 radical (unpaired) electrons. The molecule has 0 unspecified atom stereocenters. The van der Waals surface area contributed by atoms with Gasteiger partial charge in [0.25, 0.3) is 0 Å². The fourth-order valence-corrected chi connectivity index (χ4v) is 3.84. The average Bonchev–Trinajstić information content (AvgIpc) is 3.14. The SMILES string of the molecule is CCc1ccccc1-c1ccc2c(c1)CN[C@H]2CNc1cnccc1C(=O)O. The summed E-state index contributed by atoms with van der Waals surface area (Å²) in [5.41, 5.74) is 7.21. The van der Waals surface area contributed by atoms with Crippen LogP contribution in [-0.2, 0) is 13.0 Å². The second kappa shape index (κ2) is 7.82. The van der Waals surface area contributed by atoms with Gasteiger partial charge in [-0.15, -0.1) is 0 Å². The number of hydrogen-bond donors (Lipinski definition) is 3. The van der Waals surface area contributed by atoms with Crippen molar-refractivity contribution in [1.29, 1.82) is 0 Å². The van der Waals surface area contributed by atoms with Gasteiger partial charge in [-0.3, -0.25) is 4.98 Å². The van der Waals surface area contributed by atoms with E-state index in [1.165, 1.54) is 40.1 Å². The van der Waals surface area contributed by atoms with E-state index in [4.69, 9.17) is 0 Å². The fourth-order valence-electron chi connectivity index (χ4n) is 3.84. The summed E-state index contributed by atoms with van der Waals surface area (Å²) in [6, 6.07) is 16.8. The zero-order valence-corrected chi connectivity index (χ0v) is 15.8. The molecular formula is C23H23N3O2. The first-order chi connectivity index (χ1) is 13.7. The third kappa shape index (κ3) is 3.49. The molecule has 0 spiro atoms. The Bertz CT molecular complexity index is 1020. The minimum Gasteiger partial charge on any atom is -0.478 e. The number of carbonyl (C=O) groups is 1. The molecule has 3 N–H and O–H groups in total. The molecule has 3 aromatic rings. The molecule has 0 aliphatic carbocycles. The second-order valence-electron chi connectivity index (χ2n) is 6.97. The predicted octanol–water partition coefficient (Wildman–Crippen LogP) is 4.27. The van der Waals surface area contributed by atoms with E-state index in [0.717, 1.165) is 13.0 Å².